The van der Waals surface area contributed by atoms with Gasteiger partial charge in [0.1, 0.15) is 28.1 Å². The highest BCUT2D eigenvalue weighted by molar-refractivity contribution is 7.93. The maximum absolute atomic E-state index is 15.0. The number of fused-ring (bicyclic) bond motifs is 4. The van der Waals surface area contributed by atoms with Crippen LogP contribution < -0.4 is 18.9 Å². The van der Waals surface area contributed by atoms with Crippen LogP contribution in [0.5, 0.6) is 23.0 Å². The number of hydrogen-bond donors (Lipinski definition) is 1. The zero-order valence-corrected chi connectivity index (χ0v) is 27.6. The highest BCUT2D eigenvalue weighted by Gasteiger charge is 2.73. The van der Waals surface area contributed by atoms with Gasteiger partial charge in [-0.1, -0.05) is 30.3 Å². The molecule has 1 saturated heterocycles. The molecule has 0 radical (unpaired) electrons. The standard InChI is InChI=1S/C38H34O9S/c1-43-25-12-13-28-24(17-25)15-16-37(48(41,42)27-7-5-4-6-8-27)21-26-19-33(38(37,40)36(39)46-26)47-35-31(44-2)14-11-22-9-10-23-18-32(45-3)30(28)20-29(23)34(22)35/h4-8,11-14,17-20,26,40H,9-10,15-16,21H2,1-3H3. The van der Waals surface area contributed by atoms with E-state index in [2.05, 4.69) is 6.07 Å². The Bertz CT molecular complexity index is 2140. The average Bonchev–Trinajstić information content (AvgIpc) is 3.11. The first-order valence-electron chi connectivity index (χ1n) is 15.9. The van der Waals surface area contributed by atoms with E-state index in [0.717, 1.165) is 45.4 Å². The highest BCUT2D eigenvalue weighted by atomic mass is 32.2. The summed E-state index contributed by atoms with van der Waals surface area (Å²) in [6.45, 7) is 0. The number of carbonyl (C=O) groups is 1. The lowest BCUT2D eigenvalue weighted by atomic mass is 9.71. The number of sulfone groups is 1. The summed E-state index contributed by atoms with van der Waals surface area (Å²) in [4.78, 5) is 14.0. The maximum atomic E-state index is 15.0. The van der Waals surface area contributed by atoms with E-state index >= 15 is 0 Å². The van der Waals surface area contributed by atoms with Gasteiger partial charge in [-0.25, -0.2) is 13.2 Å². The first-order chi connectivity index (χ1) is 23.1. The summed E-state index contributed by atoms with van der Waals surface area (Å²) in [5.74, 6) is 0.648. The number of carbonyl (C=O) groups excluding carboxylic acids is 1. The van der Waals surface area contributed by atoms with Gasteiger partial charge in [0.05, 0.1) is 26.2 Å². The van der Waals surface area contributed by atoms with Crippen LogP contribution in [0.25, 0.3) is 22.3 Å². The van der Waals surface area contributed by atoms with Gasteiger partial charge in [-0.15, -0.1) is 0 Å². The van der Waals surface area contributed by atoms with Gasteiger partial charge in [-0.2, -0.15) is 0 Å². The van der Waals surface area contributed by atoms with E-state index in [9.17, 15) is 18.3 Å². The Balaban J connectivity index is 1.48. The number of aliphatic hydroxyl groups is 1. The molecule has 3 atom stereocenters. The van der Waals surface area contributed by atoms with Gasteiger partial charge in [0.15, 0.2) is 21.3 Å². The summed E-state index contributed by atoms with van der Waals surface area (Å²) >= 11 is 0. The third-order valence-corrected chi connectivity index (χ3v) is 13.0. The minimum Gasteiger partial charge on any atom is -0.497 e. The molecule has 0 saturated carbocycles. The van der Waals surface area contributed by atoms with Gasteiger partial charge in [0.25, 0.3) is 0 Å². The van der Waals surface area contributed by atoms with Crippen LogP contribution in [0.3, 0.4) is 0 Å². The second-order valence-electron chi connectivity index (χ2n) is 12.7. The van der Waals surface area contributed by atoms with Crippen molar-refractivity contribution < 1.29 is 42.0 Å². The predicted octanol–water partition coefficient (Wildman–Crippen LogP) is 5.63. The zero-order valence-electron chi connectivity index (χ0n) is 26.7. The summed E-state index contributed by atoms with van der Waals surface area (Å²) in [6, 6.07) is 21.5. The Morgan fingerprint density at radius 3 is 2.29 bits per heavy atom. The monoisotopic (exact) mass is 666 g/mol. The molecule has 6 bridgehead atoms. The third kappa shape index (κ3) is 4.12. The molecular formula is C38H34O9S. The Morgan fingerprint density at radius 1 is 0.792 bits per heavy atom. The van der Waals surface area contributed by atoms with Crippen LogP contribution in [0.1, 0.15) is 29.5 Å². The number of hydrogen-bond acceptors (Lipinski definition) is 9. The number of methoxy groups -OCH3 is 3. The molecule has 3 aliphatic heterocycles. The molecule has 0 aromatic heterocycles. The molecule has 9 rings (SSSR count). The maximum Gasteiger partial charge on any atom is 0.348 e. The molecule has 4 aromatic rings. The van der Waals surface area contributed by atoms with Crippen LogP contribution in [0.2, 0.25) is 0 Å². The smallest absolute Gasteiger partial charge is 0.348 e. The Labute approximate surface area is 278 Å². The molecule has 4 aromatic carbocycles. The fraction of sp³-hybridized carbons (Fsp3) is 0.289. The number of benzene rings is 4. The molecule has 10 heteroatoms. The minimum absolute atomic E-state index is 0.0130. The molecule has 5 aliphatic rings. The first-order valence-corrected chi connectivity index (χ1v) is 17.3. The van der Waals surface area contributed by atoms with Gasteiger partial charge < -0.3 is 28.8 Å². The second-order valence-corrected chi connectivity index (χ2v) is 14.9. The van der Waals surface area contributed by atoms with E-state index in [4.69, 9.17) is 23.7 Å². The molecule has 3 heterocycles. The van der Waals surface area contributed by atoms with Gasteiger partial charge in [0.2, 0.25) is 5.60 Å². The molecule has 9 nitrogen and oxygen atoms in total. The van der Waals surface area contributed by atoms with E-state index in [1.807, 2.05) is 30.3 Å². The minimum atomic E-state index is -4.42. The largest absolute Gasteiger partial charge is 0.497 e. The zero-order chi connectivity index (χ0) is 33.4. The molecule has 0 amide bonds. The van der Waals surface area contributed by atoms with E-state index in [1.54, 1.807) is 38.5 Å². The fourth-order valence-electron chi connectivity index (χ4n) is 7.98. The first kappa shape index (κ1) is 30.5. The lowest BCUT2D eigenvalue weighted by molar-refractivity contribution is -0.188. The van der Waals surface area contributed by atoms with Crippen molar-refractivity contribution in [1.82, 2.24) is 0 Å². The van der Waals surface area contributed by atoms with Crippen LogP contribution in [-0.2, 0) is 38.6 Å². The van der Waals surface area contributed by atoms with E-state index < -0.39 is 32.3 Å². The van der Waals surface area contributed by atoms with Crippen molar-refractivity contribution in [3.63, 3.8) is 0 Å². The van der Waals surface area contributed by atoms with E-state index in [1.165, 1.54) is 25.3 Å². The van der Waals surface area contributed by atoms with Gasteiger partial charge in [-0.3, -0.25) is 0 Å². The number of aryl methyl sites for hydroxylation is 3. The molecule has 0 spiro atoms. The number of esters is 1. The lowest BCUT2D eigenvalue weighted by Crippen LogP contribution is -2.72. The van der Waals surface area contributed by atoms with E-state index in [0.29, 0.717) is 23.7 Å². The van der Waals surface area contributed by atoms with Crippen molar-refractivity contribution in [2.75, 3.05) is 21.3 Å². The summed E-state index contributed by atoms with van der Waals surface area (Å²) in [5.41, 5.74) is 3.34. The molecule has 2 aliphatic carbocycles. The van der Waals surface area contributed by atoms with E-state index in [-0.39, 0.29) is 35.7 Å². The van der Waals surface area contributed by atoms with Crippen LogP contribution in [0, 0.1) is 0 Å². The molecule has 1 fully saturated rings. The summed E-state index contributed by atoms with van der Waals surface area (Å²) in [7, 11) is 0.300. The lowest BCUT2D eigenvalue weighted by Gasteiger charge is -2.52. The topological polar surface area (TPSA) is 118 Å². The van der Waals surface area contributed by atoms with Crippen LogP contribution >= 0.6 is 0 Å². The van der Waals surface area contributed by atoms with Gasteiger partial charge >= 0.3 is 5.97 Å². The molecule has 48 heavy (non-hydrogen) atoms. The SMILES string of the molecule is COc1ccc2c(c1)CCC1(S(=O)(=O)c3ccccc3)CC3C=C(Oc4c(OC)ccc5c4-c4cc-2c(OC)cc4CC5)C1(O)C(=O)O3. The number of ether oxygens (including phenoxy) is 5. The number of rotatable bonds is 5. The van der Waals surface area contributed by atoms with Crippen molar-refractivity contribution >= 4 is 15.8 Å². The van der Waals surface area contributed by atoms with Crippen LogP contribution in [-0.4, -0.2) is 57.3 Å². The van der Waals surface area contributed by atoms with Crippen molar-refractivity contribution in [3.8, 4) is 45.3 Å². The molecule has 1 N–H and O–H groups in total. The van der Waals surface area contributed by atoms with Gasteiger partial charge in [-0.05, 0) is 102 Å². The third-order valence-electron chi connectivity index (χ3n) is 10.4. The normalized spacial score (nSPS) is 23.6. The molecule has 3 unspecified atom stereocenters. The van der Waals surface area contributed by atoms with Crippen LogP contribution in [0.4, 0.5) is 0 Å². The Hall–Kier alpha value is -4.80. The summed E-state index contributed by atoms with van der Waals surface area (Å²) in [5, 5.41) is 12.8. The van der Waals surface area contributed by atoms with Crippen molar-refractivity contribution in [2.45, 2.75) is 53.5 Å². The Kier molecular flexibility index (Phi) is 6.91. The highest BCUT2D eigenvalue weighted by Crippen LogP contribution is 2.56. The quantitative estimate of drug-likeness (QED) is 0.271. The molecule has 246 valence electrons. The van der Waals surface area contributed by atoms with Crippen molar-refractivity contribution in [3.05, 3.63) is 101 Å². The Morgan fingerprint density at radius 2 is 1.54 bits per heavy atom. The molecular weight excluding hydrogens is 632 g/mol. The van der Waals surface area contributed by atoms with Gasteiger partial charge in [0, 0.05) is 17.5 Å². The van der Waals surface area contributed by atoms with Crippen LogP contribution in [0.15, 0.2) is 89.5 Å². The average molecular weight is 667 g/mol. The second kappa shape index (κ2) is 10.9. The summed E-state index contributed by atoms with van der Waals surface area (Å²) < 4.78 is 57.6. The van der Waals surface area contributed by atoms with Crippen molar-refractivity contribution in [1.29, 1.82) is 0 Å². The predicted molar refractivity (Wildman–Crippen MR) is 177 cm³/mol. The summed E-state index contributed by atoms with van der Waals surface area (Å²) in [6.07, 6.45) is 1.87. The van der Waals surface area contributed by atoms with Crippen molar-refractivity contribution in [2.24, 2.45) is 0 Å². The fourth-order valence-corrected chi connectivity index (χ4v) is 10.3.